The Morgan fingerprint density at radius 1 is 1.15 bits per heavy atom. The Hall–Kier alpha value is -1.28. The third-order valence-electron chi connectivity index (χ3n) is 3.04. The minimum absolute atomic E-state index is 0.210. The van der Waals surface area contributed by atoms with Crippen LogP contribution in [-0.2, 0) is 0 Å². The normalized spacial score (nSPS) is 12.6. The first kappa shape index (κ1) is 16.8. The summed E-state index contributed by atoms with van der Waals surface area (Å²) in [5.74, 6) is 1.48. The van der Waals surface area contributed by atoms with Crippen molar-refractivity contribution in [1.29, 1.82) is 0 Å². The maximum Gasteiger partial charge on any atom is 0.120 e. The van der Waals surface area contributed by atoms with Crippen molar-refractivity contribution in [2.75, 3.05) is 6.54 Å². The lowest BCUT2D eigenvalue weighted by Gasteiger charge is -2.15. The van der Waals surface area contributed by atoms with Gasteiger partial charge in [-0.25, -0.2) is 0 Å². The lowest BCUT2D eigenvalue weighted by molar-refractivity contribution is 0.242. The molecule has 0 amide bonds. The monoisotopic (exact) mass is 275 g/mol. The molecular weight excluding hydrogens is 246 g/mol. The van der Waals surface area contributed by atoms with Crippen molar-refractivity contribution in [3.8, 4) is 5.75 Å². The Morgan fingerprint density at radius 2 is 1.85 bits per heavy atom. The quantitative estimate of drug-likeness (QED) is 0.790. The maximum atomic E-state index is 5.75. The Balaban J connectivity index is 2.87. The van der Waals surface area contributed by atoms with Crippen molar-refractivity contribution < 1.29 is 4.74 Å². The van der Waals surface area contributed by atoms with Crippen molar-refractivity contribution in [2.45, 2.75) is 53.7 Å². The molecule has 0 radical (unpaired) electrons. The zero-order chi connectivity index (χ0) is 15.1. The van der Waals surface area contributed by atoms with Crippen LogP contribution in [0, 0.1) is 5.92 Å². The number of rotatable bonds is 7. The van der Waals surface area contributed by atoms with Gasteiger partial charge in [-0.15, -0.1) is 0 Å². The summed E-state index contributed by atoms with van der Waals surface area (Å²) in [6.07, 6.45) is 2.48. The highest BCUT2D eigenvalue weighted by Gasteiger charge is 2.05. The van der Waals surface area contributed by atoms with Gasteiger partial charge >= 0.3 is 0 Å². The van der Waals surface area contributed by atoms with E-state index in [1.807, 2.05) is 6.07 Å². The first-order chi connectivity index (χ1) is 9.38. The predicted octanol–water partition coefficient (Wildman–Crippen LogP) is 4.51. The SMILES string of the molecule is CC(C)NCC(=Cc1cccc(OC(C)C)c1)C(C)C. The van der Waals surface area contributed by atoms with Crippen LogP contribution in [0.3, 0.4) is 0 Å². The molecule has 0 aliphatic heterocycles. The molecule has 0 saturated heterocycles. The third-order valence-corrected chi connectivity index (χ3v) is 3.04. The van der Waals surface area contributed by atoms with E-state index in [0.29, 0.717) is 12.0 Å². The molecule has 0 atom stereocenters. The molecule has 0 aliphatic rings. The van der Waals surface area contributed by atoms with Crippen LogP contribution in [0.5, 0.6) is 5.75 Å². The van der Waals surface area contributed by atoms with Crippen LogP contribution in [0.15, 0.2) is 29.8 Å². The maximum absolute atomic E-state index is 5.75. The van der Waals surface area contributed by atoms with E-state index in [1.54, 1.807) is 0 Å². The van der Waals surface area contributed by atoms with Crippen LogP contribution < -0.4 is 10.1 Å². The molecule has 1 aromatic rings. The highest BCUT2D eigenvalue weighted by Crippen LogP contribution is 2.19. The number of benzene rings is 1. The van der Waals surface area contributed by atoms with E-state index in [0.717, 1.165) is 12.3 Å². The Kier molecular flexibility index (Phi) is 6.80. The summed E-state index contributed by atoms with van der Waals surface area (Å²) in [7, 11) is 0. The molecule has 1 aromatic carbocycles. The summed E-state index contributed by atoms with van der Waals surface area (Å²) in [5, 5.41) is 3.49. The Bertz CT molecular complexity index is 433. The predicted molar refractivity (Wildman–Crippen MR) is 88.2 cm³/mol. The van der Waals surface area contributed by atoms with Crippen LogP contribution >= 0.6 is 0 Å². The molecule has 0 aliphatic carbocycles. The summed E-state index contributed by atoms with van der Waals surface area (Å²) < 4.78 is 5.75. The molecule has 0 unspecified atom stereocenters. The molecule has 1 rings (SSSR count). The molecule has 2 heteroatoms. The number of hydrogen-bond acceptors (Lipinski definition) is 2. The van der Waals surface area contributed by atoms with Gasteiger partial charge in [-0.05, 0) is 37.5 Å². The van der Waals surface area contributed by atoms with Crippen molar-refractivity contribution in [1.82, 2.24) is 5.32 Å². The number of nitrogens with one attached hydrogen (secondary N) is 1. The van der Waals surface area contributed by atoms with Gasteiger partial charge in [0, 0.05) is 12.6 Å². The van der Waals surface area contributed by atoms with Gasteiger partial charge in [0.25, 0.3) is 0 Å². The summed E-state index contributed by atoms with van der Waals surface area (Å²) in [6.45, 7) is 13.9. The first-order valence-electron chi connectivity index (χ1n) is 7.59. The van der Waals surface area contributed by atoms with Gasteiger partial charge in [-0.3, -0.25) is 0 Å². The van der Waals surface area contributed by atoms with Crippen LogP contribution in [0.4, 0.5) is 0 Å². The van der Waals surface area contributed by atoms with Crippen molar-refractivity contribution in [3.05, 3.63) is 35.4 Å². The zero-order valence-electron chi connectivity index (χ0n) is 13.7. The van der Waals surface area contributed by atoms with Crippen LogP contribution in [0.2, 0.25) is 0 Å². The van der Waals surface area contributed by atoms with Crippen molar-refractivity contribution in [3.63, 3.8) is 0 Å². The Labute approximate surface area is 124 Å². The lowest BCUT2D eigenvalue weighted by atomic mass is 10.00. The molecule has 2 nitrogen and oxygen atoms in total. The van der Waals surface area contributed by atoms with Crippen LogP contribution in [0.25, 0.3) is 6.08 Å². The highest BCUT2D eigenvalue weighted by molar-refractivity contribution is 5.55. The van der Waals surface area contributed by atoms with Gasteiger partial charge in [0.1, 0.15) is 5.75 Å². The van der Waals surface area contributed by atoms with E-state index in [1.165, 1.54) is 11.1 Å². The van der Waals surface area contributed by atoms with E-state index >= 15 is 0 Å². The van der Waals surface area contributed by atoms with Gasteiger partial charge in [0.2, 0.25) is 0 Å². The fourth-order valence-electron chi connectivity index (χ4n) is 1.91. The second kappa shape index (κ2) is 8.11. The summed E-state index contributed by atoms with van der Waals surface area (Å²) in [6, 6.07) is 8.81. The second-order valence-electron chi connectivity index (χ2n) is 6.15. The third kappa shape index (κ3) is 6.25. The molecule has 1 N–H and O–H groups in total. The van der Waals surface area contributed by atoms with Crippen LogP contribution in [0.1, 0.15) is 47.1 Å². The zero-order valence-corrected chi connectivity index (χ0v) is 13.7. The minimum Gasteiger partial charge on any atom is -0.491 e. The molecule has 0 fully saturated rings. The van der Waals surface area contributed by atoms with Crippen LogP contribution in [-0.4, -0.2) is 18.7 Å². The van der Waals surface area contributed by atoms with E-state index in [9.17, 15) is 0 Å². The molecule has 0 aromatic heterocycles. The fraction of sp³-hybridized carbons (Fsp3) is 0.556. The molecule has 20 heavy (non-hydrogen) atoms. The van der Waals surface area contributed by atoms with E-state index in [-0.39, 0.29) is 6.10 Å². The first-order valence-corrected chi connectivity index (χ1v) is 7.59. The van der Waals surface area contributed by atoms with Gasteiger partial charge in [0.05, 0.1) is 6.10 Å². The van der Waals surface area contributed by atoms with Gasteiger partial charge < -0.3 is 10.1 Å². The average Bonchev–Trinajstić information content (AvgIpc) is 2.33. The van der Waals surface area contributed by atoms with Gasteiger partial charge in [-0.1, -0.05) is 51.5 Å². The smallest absolute Gasteiger partial charge is 0.120 e. The largest absolute Gasteiger partial charge is 0.491 e. The second-order valence-corrected chi connectivity index (χ2v) is 6.15. The Morgan fingerprint density at radius 3 is 2.40 bits per heavy atom. The van der Waals surface area contributed by atoms with E-state index < -0.39 is 0 Å². The lowest BCUT2D eigenvalue weighted by Crippen LogP contribution is -2.26. The van der Waals surface area contributed by atoms with E-state index in [4.69, 9.17) is 4.74 Å². The fourth-order valence-corrected chi connectivity index (χ4v) is 1.91. The molecule has 112 valence electrons. The average molecular weight is 275 g/mol. The topological polar surface area (TPSA) is 21.3 Å². The summed E-state index contributed by atoms with van der Waals surface area (Å²) in [4.78, 5) is 0. The van der Waals surface area contributed by atoms with E-state index in [2.05, 4.69) is 71.1 Å². The number of hydrogen-bond donors (Lipinski definition) is 1. The summed E-state index contributed by atoms with van der Waals surface area (Å²) >= 11 is 0. The number of ether oxygens (including phenoxy) is 1. The van der Waals surface area contributed by atoms with Crippen molar-refractivity contribution in [2.24, 2.45) is 5.92 Å². The molecular formula is C18H29NO. The molecule has 0 spiro atoms. The van der Waals surface area contributed by atoms with Gasteiger partial charge in [-0.2, -0.15) is 0 Å². The summed E-state index contributed by atoms with van der Waals surface area (Å²) in [5.41, 5.74) is 2.62. The van der Waals surface area contributed by atoms with Crippen molar-refractivity contribution >= 4 is 6.08 Å². The highest BCUT2D eigenvalue weighted by atomic mass is 16.5. The standard InChI is InChI=1S/C18H29NO/c1-13(2)17(12-19-14(3)4)10-16-8-7-9-18(11-16)20-15(5)6/h7-11,13-15,19H,12H2,1-6H3. The molecule has 0 saturated carbocycles. The molecule has 0 bridgehead atoms. The minimum atomic E-state index is 0.210. The van der Waals surface area contributed by atoms with Gasteiger partial charge in [0.15, 0.2) is 0 Å². The molecule has 0 heterocycles.